The van der Waals surface area contributed by atoms with E-state index in [1.54, 1.807) is 23.0 Å². The maximum absolute atomic E-state index is 10.9. The Morgan fingerprint density at radius 3 is 2.89 bits per heavy atom. The van der Waals surface area contributed by atoms with Crippen LogP contribution in [0.3, 0.4) is 0 Å². The summed E-state index contributed by atoms with van der Waals surface area (Å²) in [6.45, 7) is 2.06. The molecule has 1 unspecified atom stereocenters. The predicted molar refractivity (Wildman–Crippen MR) is 109 cm³/mol. The first-order valence-electron chi connectivity index (χ1n) is 8.60. The van der Waals surface area contributed by atoms with E-state index < -0.39 is 0 Å². The van der Waals surface area contributed by atoms with E-state index in [4.69, 9.17) is 10.00 Å². The summed E-state index contributed by atoms with van der Waals surface area (Å²) in [6.07, 6.45) is 3.42. The summed E-state index contributed by atoms with van der Waals surface area (Å²) in [7, 11) is 1.83. The molecule has 0 aliphatic heterocycles. The van der Waals surface area contributed by atoms with Gasteiger partial charge in [-0.05, 0) is 35.9 Å². The monoisotopic (exact) mass is 393 g/mol. The molecule has 3 aromatic rings. The van der Waals surface area contributed by atoms with Crippen molar-refractivity contribution in [1.82, 2.24) is 14.8 Å². The molecular weight excluding hydrogens is 374 g/mol. The molecule has 2 heterocycles. The summed E-state index contributed by atoms with van der Waals surface area (Å²) < 4.78 is 6.91. The van der Waals surface area contributed by atoms with Crippen LogP contribution in [0.25, 0.3) is 5.82 Å². The maximum atomic E-state index is 10.9. The van der Waals surface area contributed by atoms with E-state index in [1.807, 2.05) is 43.6 Å². The fourth-order valence-electron chi connectivity index (χ4n) is 2.74. The molecule has 28 heavy (non-hydrogen) atoms. The highest BCUT2D eigenvalue weighted by Crippen LogP contribution is 2.31. The minimum Gasteiger partial charge on any atom is -0.477 e. The topological polar surface area (TPSA) is 92.8 Å². The minimum atomic E-state index is -0.0127. The number of thioether (sulfide) groups is 1. The average Bonchev–Trinajstić information content (AvgIpc) is 3.22. The molecule has 2 aromatic heterocycles. The van der Waals surface area contributed by atoms with Crippen LogP contribution in [-0.2, 0) is 4.79 Å². The Hall–Kier alpha value is -3.31. The zero-order valence-corrected chi connectivity index (χ0v) is 16.3. The first-order valence-corrected chi connectivity index (χ1v) is 9.48. The zero-order chi connectivity index (χ0) is 19.9. The lowest BCUT2D eigenvalue weighted by molar-refractivity contribution is 0.366. The van der Waals surface area contributed by atoms with Gasteiger partial charge in [0.15, 0.2) is 18.0 Å². The SMILES string of the molecule is CNc1ccc(C(C)c2ccn(-c3ccc(OCC#N)cn3)n2)cc1SC=O. The van der Waals surface area contributed by atoms with E-state index in [-0.39, 0.29) is 12.5 Å². The Balaban J connectivity index is 1.80. The standard InChI is InChI=1S/C20H19N5O2S/c1-14(15-3-5-18(22-2)19(11-15)28-13-26)17-7-9-25(24-17)20-6-4-16(12-23-20)27-10-8-21/h3-7,9,11-14,22H,10H2,1-2H3. The van der Waals surface area contributed by atoms with E-state index in [0.29, 0.717) is 11.6 Å². The van der Waals surface area contributed by atoms with Crippen molar-refractivity contribution >= 4 is 23.1 Å². The fourth-order valence-corrected chi connectivity index (χ4v) is 3.35. The van der Waals surface area contributed by atoms with Gasteiger partial charge in [-0.25, -0.2) is 9.67 Å². The molecule has 0 spiro atoms. The van der Waals surface area contributed by atoms with Crippen molar-refractivity contribution < 1.29 is 9.53 Å². The molecule has 0 amide bonds. The predicted octanol–water partition coefficient (Wildman–Crippen LogP) is 3.65. The Morgan fingerprint density at radius 2 is 2.21 bits per heavy atom. The number of hydrogen-bond acceptors (Lipinski definition) is 7. The highest BCUT2D eigenvalue weighted by molar-refractivity contribution is 8.12. The van der Waals surface area contributed by atoms with E-state index in [0.717, 1.165) is 39.2 Å². The van der Waals surface area contributed by atoms with Gasteiger partial charge in [0.2, 0.25) is 0 Å². The molecular formula is C20H19N5O2S. The van der Waals surface area contributed by atoms with Crippen LogP contribution in [0, 0.1) is 11.3 Å². The average molecular weight is 393 g/mol. The molecule has 0 fully saturated rings. The Bertz CT molecular complexity index is 995. The summed E-state index contributed by atoms with van der Waals surface area (Å²) in [4.78, 5) is 16.1. The van der Waals surface area contributed by atoms with Crippen molar-refractivity contribution in [2.24, 2.45) is 0 Å². The van der Waals surface area contributed by atoms with Gasteiger partial charge in [0.1, 0.15) is 11.8 Å². The molecule has 0 aliphatic carbocycles. The first-order chi connectivity index (χ1) is 13.7. The van der Waals surface area contributed by atoms with E-state index in [9.17, 15) is 4.79 Å². The van der Waals surface area contributed by atoms with Crippen LogP contribution in [0.5, 0.6) is 5.75 Å². The lowest BCUT2D eigenvalue weighted by Gasteiger charge is -2.13. The van der Waals surface area contributed by atoms with Gasteiger partial charge in [0, 0.05) is 29.7 Å². The molecule has 0 bridgehead atoms. The molecule has 7 nitrogen and oxygen atoms in total. The number of nitrogens with zero attached hydrogens (tertiary/aromatic N) is 4. The van der Waals surface area contributed by atoms with Gasteiger partial charge in [-0.2, -0.15) is 10.4 Å². The number of pyridine rings is 1. The lowest BCUT2D eigenvalue weighted by atomic mass is 9.98. The molecule has 0 saturated heterocycles. The van der Waals surface area contributed by atoms with Crippen molar-refractivity contribution in [3.63, 3.8) is 0 Å². The maximum Gasteiger partial charge on any atom is 0.181 e. The van der Waals surface area contributed by atoms with Gasteiger partial charge in [-0.1, -0.05) is 24.8 Å². The van der Waals surface area contributed by atoms with Crippen LogP contribution in [0.4, 0.5) is 5.69 Å². The summed E-state index contributed by atoms with van der Waals surface area (Å²) >= 11 is 1.15. The number of carbonyl (C=O) groups excluding carboxylic acids is 1. The lowest BCUT2D eigenvalue weighted by Crippen LogP contribution is -2.03. The molecule has 1 atom stereocenters. The zero-order valence-electron chi connectivity index (χ0n) is 15.5. The van der Waals surface area contributed by atoms with Gasteiger partial charge in [-0.15, -0.1) is 0 Å². The Morgan fingerprint density at radius 1 is 1.36 bits per heavy atom. The summed E-state index contributed by atoms with van der Waals surface area (Å²) in [5.74, 6) is 1.25. The third kappa shape index (κ3) is 4.32. The van der Waals surface area contributed by atoms with Crippen LogP contribution in [0.2, 0.25) is 0 Å². The highest BCUT2D eigenvalue weighted by atomic mass is 32.2. The van der Waals surface area contributed by atoms with Crippen LogP contribution >= 0.6 is 11.8 Å². The number of hydrogen-bond donors (Lipinski definition) is 1. The molecule has 8 heteroatoms. The van der Waals surface area contributed by atoms with Gasteiger partial charge in [-0.3, -0.25) is 4.79 Å². The fraction of sp³-hybridized carbons (Fsp3) is 0.200. The van der Waals surface area contributed by atoms with E-state index in [1.165, 1.54) is 0 Å². The Kier molecular flexibility index (Phi) is 6.29. The highest BCUT2D eigenvalue weighted by Gasteiger charge is 2.15. The van der Waals surface area contributed by atoms with Crippen LogP contribution in [-0.4, -0.2) is 34.0 Å². The smallest absolute Gasteiger partial charge is 0.181 e. The van der Waals surface area contributed by atoms with Gasteiger partial charge < -0.3 is 10.1 Å². The minimum absolute atomic E-state index is 0.0127. The van der Waals surface area contributed by atoms with E-state index >= 15 is 0 Å². The van der Waals surface area contributed by atoms with Crippen molar-refractivity contribution in [3.05, 3.63) is 60.0 Å². The molecule has 1 aromatic carbocycles. The molecule has 1 N–H and O–H groups in total. The number of carbonyl (C=O) groups is 1. The quantitative estimate of drug-likeness (QED) is 0.461. The molecule has 142 valence electrons. The third-order valence-electron chi connectivity index (χ3n) is 4.26. The van der Waals surface area contributed by atoms with Crippen LogP contribution in [0.1, 0.15) is 24.1 Å². The number of ether oxygens (including phenoxy) is 1. The van der Waals surface area contributed by atoms with E-state index in [2.05, 4.69) is 22.3 Å². The summed E-state index contributed by atoms with van der Waals surface area (Å²) in [5, 5.41) is 16.3. The third-order valence-corrected chi connectivity index (χ3v) is 4.95. The molecule has 0 radical (unpaired) electrons. The Labute approximate surface area is 167 Å². The second-order valence-electron chi connectivity index (χ2n) is 5.93. The molecule has 3 rings (SSSR count). The molecule has 0 saturated carbocycles. The number of nitrogens with one attached hydrogen (secondary N) is 1. The second-order valence-corrected chi connectivity index (χ2v) is 6.79. The van der Waals surface area contributed by atoms with Gasteiger partial charge >= 0.3 is 0 Å². The van der Waals surface area contributed by atoms with Crippen molar-refractivity contribution in [1.29, 1.82) is 5.26 Å². The summed E-state index contributed by atoms with van der Waals surface area (Å²) in [6, 6.07) is 13.4. The number of aromatic nitrogens is 3. The number of nitriles is 1. The normalized spacial score (nSPS) is 11.5. The first kappa shape index (κ1) is 19.5. The van der Waals surface area contributed by atoms with Crippen LogP contribution < -0.4 is 10.1 Å². The number of anilines is 1. The van der Waals surface area contributed by atoms with Crippen molar-refractivity contribution in [3.8, 4) is 17.6 Å². The largest absolute Gasteiger partial charge is 0.477 e. The molecule has 0 aliphatic rings. The van der Waals surface area contributed by atoms with Gasteiger partial charge in [0.05, 0.1) is 11.9 Å². The summed E-state index contributed by atoms with van der Waals surface area (Å²) in [5.41, 5.74) is 3.71. The number of benzene rings is 1. The number of rotatable bonds is 8. The van der Waals surface area contributed by atoms with Gasteiger partial charge in [0.25, 0.3) is 0 Å². The van der Waals surface area contributed by atoms with Crippen molar-refractivity contribution in [2.75, 3.05) is 19.0 Å². The van der Waals surface area contributed by atoms with Crippen molar-refractivity contribution in [2.45, 2.75) is 17.7 Å². The van der Waals surface area contributed by atoms with Crippen LogP contribution in [0.15, 0.2) is 53.7 Å². The second kappa shape index (κ2) is 9.06.